The van der Waals surface area contributed by atoms with Crippen LogP contribution in [0.15, 0.2) is 52.5 Å². The summed E-state index contributed by atoms with van der Waals surface area (Å²) in [7, 11) is -4.64. The van der Waals surface area contributed by atoms with Gasteiger partial charge in [0.25, 0.3) is 0 Å². The van der Waals surface area contributed by atoms with Crippen molar-refractivity contribution in [3.05, 3.63) is 53.3 Å². The Morgan fingerprint density at radius 1 is 1.17 bits per heavy atom. The molecule has 0 aromatic heterocycles. The first kappa shape index (κ1) is 18.4. The fraction of sp³-hybridized carbons (Fsp3) is 0.312. The molecule has 24 heavy (non-hydrogen) atoms. The van der Waals surface area contributed by atoms with Crippen LogP contribution < -0.4 is 0 Å². The number of phenols is 1. The molecule has 7 nitrogen and oxygen atoms in total. The number of aryl methyl sites for hydroxylation is 1. The number of aliphatic hydroxyl groups excluding tert-OH is 2. The van der Waals surface area contributed by atoms with E-state index in [9.17, 15) is 19.9 Å². The first-order valence-electron chi connectivity index (χ1n) is 7.47. The van der Waals surface area contributed by atoms with Crippen molar-refractivity contribution in [2.45, 2.75) is 31.8 Å². The highest BCUT2D eigenvalue weighted by Gasteiger charge is 2.25. The molecule has 1 aromatic rings. The second-order valence-electron chi connectivity index (χ2n) is 5.54. The quantitative estimate of drug-likeness (QED) is 0.499. The lowest BCUT2D eigenvalue weighted by Gasteiger charge is -2.20. The fourth-order valence-corrected chi connectivity index (χ4v) is 3.06. The molecule has 8 heteroatoms. The van der Waals surface area contributed by atoms with Crippen LogP contribution in [0.3, 0.4) is 0 Å². The Morgan fingerprint density at radius 2 is 1.83 bits per heavy atom. The summed E-state index contributed by atoms with van der Waals surface area (Å²) in [6, 6.07) is 6.72. The molecule has 5 N–H and O–H groups in total. The highest BCUT2D eigenvalue weighted by atomic mass is 31.2. The third-order valence-electron chi connectivity index (χ3n) is 3.64. The Bertz CT molecular complexity index is 717. The number of allylic oxidation sites excluding steroid dienone is 2. The Hall–Kier alpha value is -1.92. The lowest BCUT2D eigenvalue weighted by atomic mass is 9.93. The van der Waals surface area contributed by atoms with Crippen molar-refractivity contribution in [3.63, 3.8) is 0 Å². The number of hydrogen-bond donors (Lipinski definition) is 5. The maximum atomic E-state index is 11.1. The highest BCUT2D eigenvalue weighted by Crippen LogP contribution is 2.38. The van der Waals surface area contributed by atoms with Crippen LogP contribution in [0.4, 0.5) is 0 Å². The summed E-state index contributed by atoms with van der Waals surface area (Å²) in [5, 5.41) is 29.5. The summed E-state index contributed by atoms with van der Waals surface area (Å²) in [6.07, 6.45) is 3.53. The van der Waals surface area contributed by atoms with Gasteiger partial charge in [-0.1, -0.05) is 18.2 Å². The number of aliphatic hydroxyl groups is 2. The van der Waals surface area contributed by atoms with Crippen LogP contribution in [-0.4, -0.2) is 36.9 Å². The summed E-state index contributed by atoms with van der Waals surface area (Å²) in [6.45, 7) is 0. The fourth-order valence-electron chi connectivity index (χ4n) is 2.55. The molecule has 1 atom stereocenters. The lowest BCUT2D eigenvalue weighted by Crippen LogP contribution is -2.22. The van der Waals surface area contributed by atoms with Crippen molar-refractivity contribution in [1.82, 2.24) is 0 Å². The van der Waals surface area contributed by atoms with Crippen molar-refractivity contribution in [1.29, 1.82) is 0 Å². The zero-order valence-corrected chi connectivity index (χ0v) is 13.8. The molecule has 2 rings (SSSR count). The van der Waals surface area contributed by atoms with E-state index in [0.29, 0.717) is 19.3 Å². The molecular formula is C16H20NO6P. The topological polar surface area (TPSA) is 131 Å². The molecule has 0 spiro atoms. The summed E-state index contributed by atoms with van der Waals surface area (Å²) in [4.78, 5) is 18.0. The minimum atomic E-state index is -4.64. The summed E-state index contributed by atoms with van der Waals surface area (Å²) >= 11 is 0. The van der Waals surface area contributed by atoms with Crippen LogP contribution in [0.1, 0.15) is 24.8 Å². The highest BCUT2D eigenvalue weighted by molar-refractivity contribution is 7.50. The van der Waals surface area contributed by atoms with Crippen LogP contribution in [-0.2, 0) is 11.0 Å². The average molecular weight is 353 g/mol. The first-order chi connectivity index (χ1) is 11.3. The van der Waals surface area contributed by atoms with Gasteiger partial charge in [-0.25, -0.2) is 4.57 Å². The van der Waals surface area contributed by atoms with Gasteiger partial charge in [-0.15, -0.1) is 0 Å². The third kappa shape index (κ3) is 5.32. The third-order valence-corrected chi connectivity index (χ3v) is 4.14. The number of aromatic hydroxyl groups is 1. The van der Waals surface area contributed by atoms with Crippen LogP contribution in [0.2, 0.25) is 0 Å². The summed E-state index contributed by atoms with van der Waals surface area (Å²) in [5.74, 6) is -0.0493. The number of nitrogens with zero attached hydrogens (tertiary/aromatic N) is 1. The van der Waals surface area contributed by atoms with Crippen LogP contribution in [0, 0.1) is 0 Å². The van der Waals surface area contributed by atoms with Gasteiger partial charge in [0.1, 0.15) is 11.5 Å². The zero-order valence-electron chi connectivity index (χ0n) is 12.9. The molecule has 0 fully saturated rings. The monoisotopic (exact) mass is 353 g/mol. The predicted molar refractivity (Wildman–Crippen MR) is 89.9 cm³/mol. The Balaban J connectivity index is 2.04. The molecule has 1 aromatic carbocycles. The van der Waals surface area contributed by atoms with Crippen LogP contribution in [0.5, 0.6) is 5.75 Å². The molecule has 130 valence electrons. The van der Waals surface area contributed by atoms with E-state index < -0.39 is 13.9 Å². The molecule has 0 saturated carbocycles. The Morgan fingerprint density at radius 3 is 2.46 bits per heavy atom. The second-order valence-corrected chi connectivity index (χ2v) is 6.77. The summed E-state index contributed by atoms with van der Waals surface area (Å²) in [5.41, 5.74) is 1.05. The van der Waals surface area contributed by atoms with Gasteiger partial charge in [0.15, 0.2) is 0 Å². The van der Waals surface area contributed by atoms with Gasteiger partial charge in [0.2, 0.25) is 0 Å². The van der Waals surface area contributed by atoms with E-state index in [1.807, 2.05) is 0 Å². The molecule has 0 heterocycles. The SMILES string of the molecule is O=P(O)(O)N=C1CC=CC(O)=C1C(O)CCCc1ccc(O)cc1. The van der Waals surface area contributed by atoms with Gasteiger partial charge in [-0.3, -0.25) is 0 Å². The van der Waals surface area contributed by atoms with Crippen LogP contribution >= 0.6 is 7.75 Å². The van der Waals surface area contributed by atoms with Gasteiger partial charge < -0.3 is 25.1 Å². The minimum absolute atomic E-state index is 0.000432. The molecule has 0 aliphatic heterocycles. The zero-order chi connectivity index (χ0) is 17.7. The number of phenolic OH excluding ortho intramolecular Hbond substituents is 1. The molecule has 0 bridgehead atoms. The molecular weight excluding hydrogens is 333 g/mol. The van der Waals surface area contributed by atoms with Crippen molar-refractivity contribution < 1.29 is 29.7 Å². The van der Waals surface area contributed by atoms with E-state index in [0.717, 1.165) is 5.56 Å². The number of benzene rings is 1. The van der Waals surface area contributed by atoms with Gasteiger partial charge in [-0.05, 0) is 43.0 Å². The minimum Gasteiger partial charge on any atom is -0.508 e. The smallest absolute Gasteiger partial charge is 0.448 e. The van der Waals surface area contributed by atoms with Gasteiger partial charge in [0.05, 0.1) is 11.8 Å². The normalized spacial score (nSPS) is 18.2. The Labute approximate surface area is 139 Å². The maximum Gasteiger partial charge on any atom is 0.448 e. The van der Waals surface area contributed by atoms with E-state index in [1.165, 1.54) is 12.2 Å². The number of hydrogen-bond acceptors (Lipinski definition) is 4. The van der Waals surface area contributed by atoms with E-state index in [-0.39, 0.29) is 29.2 Å². The first-order valence-corrected chi connectivity index (χ1v) is 9.03. The van der Waals surface area contributed by atoms with Gasteiger partial charge in [0, 0.05) is 12.0 Å². The van der Waals surface area contributed by atoms with E-state index in [1.54, 1.807) is 24.3 Å². The standard InChI is InChI=1S/C16H20NO6P/c18-12-9-7-11(8-10-12)3-1-5-14(19)16-13(17-24(21,22)23)4-2-6-15(16)20/h2,6-10,14,18-20H,1,3-5H2,(H2,21,22,23). The van der Waals surface area contributed by atoms with E-state index >= 15 is 0 Å². The largest absolute Gasteiger partial charge is 0.508 e. The Kier molecular flexibility index (Phi) is 5.96. The average Bonchev–Trinajstić information content (AvgIpc) is 2.47. The molecule has 1 aliphatic rings. The van der Waals surface area contributed by atoms with Crippen molar-refractivity contribution in [3.8, 4) is 5.75 Å². The maximum absolute atomic E-state index is 11.1. The molecule has 0 saturated heterocycles. The molecule has 0 radical (unpaired) electrons. The van der Waals surface area contributed by atoms with Crippen LogP contribution in [0.25, 0.3) is 0 Å². The molecule has 1 unspecified atom stereocenters. The van der Waals surface area contributed by atoms with Gasteiger partial charge in [-0.2, -0.15) is 4.76 Å². The van der Waals surface area contributed by atoms with E-state index in [4.69, 9.17) is 9.79 Å². The second kappa shape index (κ2) is 7.77. The van der Waals surface area contributed by atoms with Crippen molar-refractivity contribution in [2.24, 2.45) is 4.76 Å². The van der Waals surface area contributed by atoms with Gasteiger partial charge >= 0.3 is 7.75 Å². The lowest BCUT2D eigenvalue weighted by molar-refractivity contribution is 0.197. The van der Waals surface area contributed by atoms with Crippen molar-refractivity contribution in [2.75, 3.05) is 0 Å². The number of rotatable bonds is 6. The van der Waals surface area contributed by atoms with Crippen molar-refractivity contribution >= 4 is 13.5 Å². The molecule has 0 amide bonds. The molecule has 1 aliphatic carbocycles. The summed E-state index contributed by atoms with van der Waals surface area (Å²) < 4.78 is 14.4. The predicted octanol–water partition coefficient (Wildman–Crippen LogP) is 2.38. The van der Waals surface area contributed by atoms with E-state index in [2.05, 4.69) is 4.76 Å².